The van der Waals surface area contributed by atoms with Crippen LogP contribution in [0.15, 0.2) is 23.7 Å². The fraction of sp³-hybridized carbons (Fsp3) is 0.417. The molecule has 1 atom stereocenters. The number of pyridine rings is 1. The Morgan fingerprint density at radius 1 is 1.53 bits per heavy atom. The summed E-state index contributed by atoms with van der Waals surface area (Å²) in [5.74, 6) is 0.874. The van der Waals surface area contributed by atoms with Gasteiger partial charge in [-0.15, -0.1) is 11.3 Å². The molecule has 2 aromatic heterocycles. The topological polar surface area (TPSA) is 38.9 Å². The van der Waals surface area contributed by atoms with Crippen molar-refractivity contribution in [1.29, 1.82) is 0 Å². The molecule has 2 heterocycles. The summed E-state index contributed by atoms with van der Waals surface area (Å²) in [6.45, 7) is 0. The van der Waals surface area contributed by atoms with E-state index in [4.69, 9.17) is 5.73 Å². The summed E-state index contributed by atoms with van der Waals surface area (Å²) in [6, 6.07) is 4.42. The van der Waals surface area contributed by atoms with Crippen molar-refractivity contribution in [2.45, 2.75) is 25.3 Å². The van der Waals surface area contributed by atoms with Crippen LogP contribution < -0.4 is 5.73 Å². The SMILES string of the molecule is NC(CC1CC1)c1cnc2ccsc2c1. The molecule has 3 rings (SSSR count). The van der Waals surface area contributed by atoms with Gasteiger partial charge in [0.2, 0.25) is 0 Å². The van der Waals surface area contributed by atoms with Crippen molar-refractivity contribution in [3.05, 3.63) is 29.3 Å². The largest absolute Gasteiger partial charge is 0.324 e. The summed E-state index contributed by atoms with van der Waals surface area (Å²) in [4.78, 5) is 4.42. The first-order chi connectivity index (χ1) is 7.33. The van der Waals surface area contributed by atoms with Gasteiger partial charge in [-0.2, -0.15) is 0 Å². The van der Waals surface area contributed by atoms with Gasteiger partial charge >= 0.3 is 0 Å². The van der Waals surface area contributed by atoms with Gasteiger partial charge in [-0.1, -0.05) is 12.8 Å². The molecule has 0 saturated heterocycles. The Kier molecular flexibility index (Phi) is 2.22. The minimum Gasteiger partial charge on any atom is -0.324 e. The Balaban J connectivity index is 1.88. The molecule has 0 spiro atoms. The van der Waals surface area contributed by atoms with Crippen molar-refractivity contribution >= 4 is 21.6 Å². The first kappa shape index (κ1) is 9.31. The zero-order valence-electron chi connectivity index (χ0n) is 8.52. The van der Waals surface area contributed by atoms with Crippen LogP contribution in [0.25, 0.3) is 10.2 Å². The van der Waals surface area contributed by atoms with E-state index < -0.39 is 0 Å². The second kappa shape index (κ2) is 3.58. The maximum atomic E-state index is 6.16. The molecule has 3 heteroatoms. The third kappa shape index (κ3) is 1.90. The number of aromatic nitrogens is 1. The van der Waals surface area contributed by atoms with Crippen LogP contribution in [-0.4, -0.2) is 4.98 Å². The highest BCUT2D eigenvalue weighted by Crippen LogP contribution is 2.37. The van der Waals surface area contributed by atoms with Crippen molar-refractivity contribution in [3.8, 4) is 0 Å². The number of fused-ring (bicyclic) bond motifs is 1. The quantitative estimate of drug-likeness (QED) is 0.859. The number of hydrogen-bond acceptors (Lipinski definition) is 3. The van der Waals surface area contributed by atoms with Crippen LogP contribution in [-0.2, 0) is 0 Å². The normalized spacial score (nSPS) is 18.2. The van der Waals surface area contributed by atoms with Crippen LogP contribution in [0.3, 0.4) is 0 Å². The Bertz CT molecular complexity index is 473. The number of nitrogens with zero attached hydrogens (tertiary/aromatic N) is 1. The number of hydrogen-bond donors (Lipinski definition) is 1. The molecule has 2 aromatic rings. The van der Waals surface area contributed by atoms with E-state index in [0.29, 0.717) is 0 Å². The van der Waals surface area contributed by atoms with Gasteiger partial charge in [0, 0.05) is 12.2 Å². The summed E-state index contributed by atoms with van der Waals surface area (Å²) in [6.07, 6.45) is 5.78. The Morgan fingerprint density at radius 3 is 3.20 bits per heavy atom. The highest BCUT2D eigenvalue weighted by molar-refractivity contribution is 7.17. The molecule has 1 aliphatic carbocycles. The molecule has 0 bridgehead atoms. The molecular formula is C12H14N2S. The molecule has 78 valence electrons. The standard InChI is InChI=1S/C12H14N2S/c13-10(5-8-1-2-8)9-6-12-11(14-7-9)3-4-15-12/h3-4,6-8,10H,1-2,5,13H2. The smallest absolute Gasteiger partial charge is 0.0809 e. The van der Waals surface area contributed by atoms with Crippen molar-refractivity contribution < 1.29 is 0 Å². The fourth-order valence-corrected chi connectivity index (χ4v) is 2.70. The predicted octanol–water partition coefficient (Wildman–Crippen LogP) is 3.10. The zero-order valence-corrected chi connectivity index (χ0v) is 9.33. The zero-order chi connectivity index (χ0) is 10.3. The Hall–Kier alpha value is -0.930. The number of thiophene rings is 1. The molecule has 2 N–H and O–H groups in total. The van der Waals surface area contributed by atoms with Gasteiger partial charge in [0.25, 0.3) is 0 Å². The summed E-state index contributed by atoms with van der Waals surface area (Å²) in [5, 5.41) is 2.08. The van der Waals surface area contributed by atoms with Gasteiger partial charge < -0.3 is 5.73 Å². The lowest BCUT2D eigenvalue weighted by atomic mass is 10.0. The lowest BCUT2D eigenvalue weighted by molar-refractivity contribution is 0.596. The monoisotopic (exact) mass is 218 g/mol. The van der Waals surface area contributed by atoms with E-state index in [9.17, 15) is 0 Å². The molecule has 0 radical (unpaired) electrons. The first-order valence-corrected chi connectivity index (χ1v) is 6.29. The predicted molar refractivity (Wildman–Crippen MR) is 63.9 cm³/mol. The van der Waals surface area contributed by atoms with Crippen molar-refractivity contribution in [2.75, 3.05) is 0 Å². The molecule has 1 aliphatic rings. The van der Waals surface area contributed by atoms with Gasteiger partial charge in [-0.05, 0) is 35.4 Å². The second-order valence-corrected chi connectivity index (χ2v) is 5.31. The minimum atomic E-state index is 0.177. The van der Waals surface area contributed by atoms with Crippen LogP contribution in [0.2, 0.25) is 0 Å². The van der Waals surface area contributed by atoms with Gasteiger partial charge in [-0.25, -0.2) is 0 Å². The van der Waals surface area contributed by atoms with E-state index in [1.54, 1.807) is 11.3 Å². The van der Waals surface area contributed by atoms with E-state index in [2.05, 4.69) is 22.5 Å². The highest BCUT2D eigenvalue weighted by atomic mass is 32.1. The van der Waals surface area contributed by atoms with Crippen molar-refractivity contribution in [2.24, 2.45) is 11.7 Å². The molecular weight excluding hydrogens is 204 g/mol. The second-order valence-electron chi connectivity index (χ2n) is 4.36. The van der Waals surface area contributed by atoms with E-state index in [-0.39, 0.29) is 6.04 Å². The van der Waals surface area contributed by atoms with E-state index in [1.807, 2.05) is 6.20 Å². The fourth-order valence-electron chi connectivity index (χ4n) is 1.91. The molecule has 1 fully saturated rings. The Labute approximate surface area is 93.1 Å². The van der Waals surface area contributed by atoms with Crippen molar-refractivity contribution in [1.82, 2.24) is 4.98 Å². The third-order valence-electron chi connectivity index (χ3n) is 3.04. The first-order valence-electron chi connectivity index (χ1n) is 5.41. The van der Waals surface area contributed by atoms with E-state index >= 15 is 0 Å². The molecule has 15 heavy (non-hydrogen) atoms. The van der Waals surface area contributed by atoms with E-state index in [1.165, 1.54) is 23.1 Å². The molecule has 0 aliphatic heterocycles. The number of rotatable bonds is 3. The van der Waals surface area contributed by atoms with E-state index in [0.717, 1.165) is 17.9 Å². The van der Waals surface area contributed by atoms with Crippen LogP contribution in [0.1, 0.15) is 30.9 Å². The average Bonchev–Trinajstić information content (AvgIpc) is 2.94. The molecule has 1 unspecified atom stereocenters. The lowest BCUT2D eigenvalue weighted by Gasteiger charge is -2.10. The van der Waals surface area contributed by atoms with Crippen molar-refractivity contribution in [3.63, 3.8) is 0 Å². The third-order valence-corrected chi connectivity index (χ3v) is 3.89. The van der Waals surface area contributed by atoms with Gasteiger partial charge in [-0.3, -0.25) is 4.98 Å². The van der Waals surface area contributed by atoms with Crippen LogP contribution in [0.5, 0.6) is 0 Å². The number of nitrogens with two attached hydrogens (primary N) is 1. The summed E-state index contributed by atoms with van der Waals surface area (Å²) < 4.78 is 1.25. The summed E-state index contributed by atoms with van der Waals surface area (Å²) in [7, 11) is 0. The lowest BCUT2D eigenvalue weighted by Crippen LogP contribution is -2.11. The van der Waals surface area contributed by atoms with Gasteiger partial charge in [0.05, 0.1) is 10.2 Å². The van der Waals surface area contributed by atoms with Crippen LogP contribution >= 0.6 is 11.3 Å². The van der Waals surface area contributed by atoms with Gasteiger partial charge in [0.15, 0.2) is 0 Å². The summed E-state index contributed by atoms with van der Waals surface area (Å²) in [5.41, 5.74) is 8.44. The maximum absolute atomic E-state index is 6.16. The average molecular weight is 218 g/mol. The van der Waals surface area contributed by atoms with Gasteiger partial charge in [0.1, 0.15) is 0 Å². The minimum absolute atomic E-state index is 0.177. The maximum Gasteiger partial charge on any atom is 0.0809 e. The molecule has 1 saturated carbocycles. The molecule has 2 nitrogen and oxygen atoms in total. The Morgan fingerprint density at radius 2 is 2.40 bits per heavy atom. The van der Waals surface area contributed by atoms with Crippen LogP contribution in [0.4, 0.5) is 0 Å². The summed E-state index contributed by atoms with van der Waals surface area (Å²) >= 11 is 1.74. The van der Waals surface area contributed by atoms with Crippen LogP contribution in [0, 0.1) is 5.92 Å². The molecule has 0 aromatic carbocycles. The highest BCUT2D eigenvalue weighted by Gasteiger charge is 2.24. The molecule has 0 amide bonds.